The minimum Gasteiger partial charge on any atom is -0.462 e. The Bertz CT molecular complexity index is 781. The number of ketones is 1. The van der Waals surface area contributed by atoms with Crippen LogP contribution in [-0.4, -0.2) is 24.3 Å². The van der Waals surface area contributed by atoms with E-state index in [0.29, 0.717) is 23.4 Å². The fourth-order valence-electron chi connectivity index (χ4n) is 2.34. The number of benzene rings is 2. The quantitative estimate of drug-likeness (QED) is 0.571. The summed E-state index contributed by atoms with van der Waals surface area (Å²) >= 11 is 0. The number of amides is 1. The number of hydrogen-bond acceptors (Lipinski definition) is 4. The van der Waals surface area contributed by atoms with Crippen molar-refractivity contribution in [3.8, 4) is 0 Å². The van der Waals surface area contributed by atoms with Gasteiger partial charge in [-0.05, 0) is 31.5 Å². The number of carbonyl (C=O) groups is 3. The molecule has 0 heterocycles. The molecule has 0 aliphatic carbocycles. The predicted molar refractivity (Wildman–Crippen MR) is 100 cm³/mol. The second-order valence-corrected chi connectivity index (χ2v) is 6.05. The van der Waals surface area contributed by atoms with E-state index < -0.39 is 5.97 Å². The van der Waals surface area contributed by atoms with E-state index in [4.69, 9.17) is 4.74 Å². The molecule has 0 radical (unpaired) electrons. The zero-order valence-electron chi connectivity index (χ0n) is 15.1. The van der Waals surface area contributed by atoms with Crippen molar-refractivity contribution in [2.45, 2.75) is 33.1 Å². The predicted octanol–water partition coefficient (Wildman–Crippen LogP) is 4.16. The fraction of sp³-hybridized carbons (Fsp3) is 0.286. The molecule has 2 aromatic carbocycles. The number of aryl methyl sites for hydroxylation is 1. The number of anilines is 1. The maximum atomic E-state index is 12.1. The Hall–Kier alpha value is -2.95. The Morgan fingerprint density at radius 3 is 2.38 bits per heavy atom. The molecule has 0 aliphatic rings. The molecular weight excluding hydrogens is 330 g/mol. The minimum atomic E-state index is -0.419. The zero-order chi connectivity index (χ0) is 18.9. The fourth-order valence-corrected chi connectivity index (χ4v) is 2.34. The maximum absolute atomic E-state index is 12.1. The summed E-state index contributed by atoms with van der Waals surface area (Å²) in [6.07, 6.45) is 0.960. The van der Waals surface area contributed by atoms with Crippen LogP contribution < -0.4 is 5.32 Å². The third-order valence-electron chi connectivity index (χ3n) is 3.77. The van der Waals surface area contributed by atoms with E-state index in [1.807, 2.05) is 26.0 Å². The number of ether oxygens (including phenoxy) is 1. The monoisotopic (exact) mass is 353 g/mol. The molecule has 2 aromatic rings. The van der Waals surface area contributed by atoms with Crippen LogP contribution in [0.2, 0.25) is 0 Å². The molecule has 0 saturated heterocycles. The number of hydrogen-bond donors (Lipinski definition) is 1. The van der Waals surface area contributed by atoms with Crippen LogP contribution in [0, 0.1) is 6.92 Å². The summed E-state index contributed by atoms with van der Waals surface area (Å²) in [5.74, 6) is -0.765. The van der Waals surface area contributed by atoms with Crippen LogP contribution >= 0.6 is 0 Å². The zero-order valence-corrected chi connectivity index (χ0v) is 15.1. The average Bonchev–Trinajstić information content (AvgIpc) is 2.65. The smallest absolute Gasteiger partial charge is 0.338 e. The SMILES string of the molecule is CCCOC(=O)c1cccc(NC(=O)CCC(=O)c2ccc(C)cc2)c1. The summed E-state index contributed by atoms with van der Waals surface area (Å²) in [6.45, 7) is 4.23. The van der Waals surface area contributed by atoms with Gasteiger partial charge in [0.2, 0.25) is 5.91 Å². The number of nitrogens with one attached hydrogen (secondary N) is 1. The molecule has 0 spiro atoms. The standard InChI is InChI=1S/C21H23NO4/c1-3-13-26-21(25)17-5-4-6-18(14-17)22-20(24)12-11-19(23)16-9-7-15(2)8-10-16/h4-10,14H,3,11-13H2,1-2H3,(H,22,24). The van der Waals surface area contributed by atoms with Gasteiger partial charge in [-0.25, -0.2) is 4.79 Å². The molecule has 1 amide bonds. The van der Waals surface area contributed by atoms with Crippen molar-refractivity contribution in [1.29, 1.82) is 0 Å². The van der Waals surface area contributed by atoms with Gasteiger partial charge in [0.15, 0.2) is 5.78 Å². The first-order chi connectivity index (χ1) is 12.5. The maximum Gasteiger partial charge on any atom is 0.338 e. The molecule has 5 nitrogen and oxygen atoms in total. The molecule has 0 unspecified atom stereocenters. The van der Waals surface area contributed by atoms with Crippen LogP contribution in [0.25, 0.3) is 0 Å². The van der Waals surface area contributed by atoms with Gasteiger partial charge < -0.3 is 10.1 Å². The molecule has 0 aliphatic heterocycles. The average molecular weight is 353 g/mol. The van der Waals surface area contributed by atoms with Crippen molar-refractivity contribution in [3.63, 3.8) is 0 Å². The Balaban J connectivity index is 1.88. The van der Waals surface area contributed by atoms with Crippen LogP contribution in [0.3, 0.4) is 0 Å². The Kier molecular flexibility index (Phi) is 7.09. The number of esters is 1. The summed E-state index contributed by atoms with van der Waals surface area (Å²) in [7, 11) is 0. The summed E-state index contributed by atoms with van der Waals surface area (Å²) in [4.78, 5) is 36.0. The Morgan fingerprint density at radius 2 is 1.69 bits per heavy atom. The highest BCUT2D eigenvalue weighted by atomic mass is 16.5. The molecule has 0 aromatic heterocycles. The van der Waals surface area contributed by atoms with Gasteiger partial charge in [0, 0.05) is 24.1 Å². The Morgan fingerprint density at radius 1 is 0.962 bits per heavy atom. The lowest BCUT2D eigenvalue weighted by Gasteiger charge is -2.08. The van der Waals surface area contributed by atoms with Gasteiger partial charge in [0.05, 0.1) is 12.2 Å². The van der Waals surface area contributed by atoms with Crippen molar-refractivity contribution in [2.75, 3.05) is 11.9 Å². The lowest BCUT2D eigenvalue weighted by Crippen LogP contribution is -2.14. The van der Waals surface area contributed by atoms with E-state index in [1.54, 1.807) is 36.4 Å². The van der Waals surface area contributed by atoms with E-state index in [1.165, 1.54) is 0 Å². The van der Waals surface area contributed by atoms with Crippen LogP contribution in [-0.2, 0) is 9.53 Å². The van der Waals surface area contributed by atoms with Crippen LogP contribution in [0.1, 0.15) is 52.5 Å². The molecule has 2 rings (SSSR count). The van der Waals surface area contributed by atoms with E-state index >= 15 is 0 Å². The van der Waals surface area contributed by atoms with Crippen molar-refractivity contribution in [3.05, 3.63) is 65.2 Å². The topological polar surface area (TPSA) is 72.5 Å². The largest absolute Gasteiger partial charge is 0.462 e. The summed E-state index contributed by atoms with van der Waals surface area (Å²) in [6, 6.07) is 13.8. The number of rotatable bonds is 8. The van der Waals surface area contributed by atoms with Gasteiger partial charge >= 0.3 is 5.97 Å². The third kappa shape index (κ3) is 5.84. The molecular formula is C21H23NO4. The highest BCUT2D eigenvalue weighted by molar-refractivity contribution is 6.00. The first-order valence-corrected chi connectivity index (χ1v) is 8.66. The van der Waals surface area contributed by atoms with E-state index in [9.17, 15) is 14.4 Å². The lowest BCUT2D eigenvalue weighted by atomic mass is 10.0. The first-order valence-electron chi connectivity index (χ1n) is 8.66. The number of Topliss-reactive ketones (excluding diaryl/α,β-unsaturated/α-hetero) is 1. The van der Waals surface area contributed by atoms with Gasteiger partial charge in [-0.1, -0.05) is 42.8 Å². The Labute approximate surface area is 153 Å². The highest BCUT2D eigenvalue weighted by Gasteiger charge is 2.11. The number of carbonyl (C=O) groups excluding carboxylic acids is 3. The van der Waals surface area contributed by atoms with Crippen molar-refractivity contribution < 1.29 is 19.1 Å². The summed E-state index contributed by atoms with van der Waals surface area (Å²) < 4.78 is 5.08. The second-order valence-electron chi connectivity index (χ2n) is 6.05. The van der Waals surface area contributed by atoms with Crippen molar-refractivity contribution >= 4 is 23.3 Å². The van der Waals surface area contributed by atoms with E-state index in [0.717, 1.165) is 12.0 Å². The first kappa shape index (κ1) is 19.4. The molecule has 0 saturated carbocycles. The third-order valence-corrected chi connectivity index (χ3v) is 3.77. The summed E-state index contributed by atoms with van der Waals surface area (Å²) in [5.41, 5.74) is 2.57. The van der Waals surface area contributed by atoms with Gasteiger partial charge in [-0.3, -0.25) is 9.59 Å². The van der Waals surface area contributed by atoms with E-state index in [-0.39, 0.29) is 24.5 Å². The van der Waals surface area contributed by atoms with Gasteiger partial charge in [0.1, 0.15) is 0 Å². The molecule has 136 valence electrons. The van der Waals surface area contributed by atoms with E-state index in [2.05, 4.69) is 5.32 Å². The van der Waals surface area contributed by atoms with Crippen molar-refractivity contribution in [1.82, 2.24) is 0 Å². The van der Waals surface area contributed by atoms with Gasteiger partial charge in [-0.2, -0.15) is 0 Å². The van der Waals surface area contributed by atoms with Gasteiger partial charge in [-0.15, -0.1) is 0 Å². The molecule has 0 fully saturated rings. The summed E-state index contributed by atoms with van der Waals surface area (Å²) in [5, 5.41) is 2.71. The van der Waals surface area contributed by atoms with Gasteiger partial charge in [0.25, 0.3) is 0 Å². The minimum absolute atomic E-state index is 0.0722. The molecule has 5 heteroatoms. The molecule has 26 heavy (non-hydrogen) atoms. The molecule has 0 atom stereocenters. The van der Waals surface area contributed by atoms with Crippen LogP contribution in [0.15, 0.2) is 48.5 Å². The van der Waals surface area contributed by atoms with Crippen LogP contribution in [0.5, 0.6) is 0 Å². The highest BCUT2D eigenvalue weighted by Crippen LogP contribution is 2.13. The molecule has 1 N–H and O–H groups in total. The molecule has 0 bridgehead atoms. The van der Waals surface area contributed by atoms with Crippen LogP contribution in [0.4, 0.5) is 5.69 Å². The second kappa shape index (κ2) is 9.51. The lowest BCUT2D eigenvalue weighted by molar-refractivity contribution is -0.116. The normalized spacial score (nSPS) is 10.2. The van der Waals surface area contributed by atoms with Crippen molar-refractivity contribution in [2.24, 2.45) is 0 Å².